The Bertz CT molecular complexity index is 325. The number of hydrogen-bond acceptors (Lipinski definition) is 0. The lowest BCUT2D eigenvalue weighted by atomic mass is 9.93. The van der Waals surface area contributed by atoms with E-state index in [-0.39, 0.29) is 6.42 Å². The van der Waals surface area contributed by atoms with E-state index < -0.39 is 49.4 Å². The van der Waals surface area contributed by atoms with Crippen molar-refractivity contribution in [1.82, 2.24) is 0 Å². The number of alkyl halides is 8. The van der Waals surface area contributed by atoms with Gasteiger partial charge in [-0.1, -0.05) is 46.0 Å². The quantitative estimate of drug-likeness (QED) is 0.290. The zero-order valence-electron chi connectivity index (χ0n) is 12.7. The van der Waals surface area contributed by atoms with Crippen molar-refractivity contribution in [2.75, 3.05) is 0 Å². The van der Waals surface area contributed by atoms with E-state index in [2.05, 4.69) is 0 Å². The molecule has 0 amide bonds. The molecule has 0 nitrogen and oxygen atoms in total. The molecule has 0 aliphatic carbocycles. The average Bonchev–Trinajstić information content (AvgIpc) is 2.37. The molecule has 0 aliphatic heterocycles. The molecule has 22 heavy (non-hydrogen) atoms. The van der Waals surface area contributed by atoms with Crippen molar-refractivity contribution in [1.29, 1.82) is 0 Å². The standard InChI is InChI=1S/C14H22F8/c1-3-5-6-7-8-10-12(17,18)14(21,22)13(19,20)11(15,16)9-4-2/h3-10H2,1-2H3. The van der Waals surface area contributed by atoms with E-state index in [1.165, 1.54) is 0 Å². The molecule has 0 N–H and O–H groups in total. The van der Waals surface area contributed by atoms with Gasteiger partial charge in [0.15, 0.2) is 0 Å². The van der Waals surface area contributed by atoms with Crippen molar-refractivity contribution in [3.63, 3.8) is 0 Å². The molecule has 0 aromatic heterocycles. The van der Waals surface area contributed by atoms with Crippen LogP contribution in [0.4, 0.5) is 35.1 Å². The van der Waals surface area contributed by atoms with Crippen molar-refractivity contribution in [2.45, 2.75) is 88.9 Å². The van der Waals surface area contributed by atoms with Gasteiger partial charge in [-0.25, -0.2) is 0 Å². The van der Waals surface area contributed by atoms with Crippen LogP contribution < -0.4 is 0 Å². The summed E-state index contributed by atoms with van der Waals surface area (Å²) in [7, 11) is 0. The van der Waals surface area contributed by atoms with Gasteiger partial charge in [-0.3, -0.25) is 0 Å². The third-order valence-corrected chi connectivity index (χ3v) is 3.47. The summed E-state index contributed by atoms with van der Waals surface area (Å²) in [6, 6.07) is 0. The van der Waals surface area contributed by atoms with E-state index in [0.29, 0.717) is 12.8 Å². The van der Waals surface area contributed by atoms with Crippen LogP contribution in [0.1, 0.15) is 65.2 Å². The van der Waals surface area contributed by atoms with Crippen LogP contribution in [0.5, 0.6) is 0 Å². The second kappa shape index (κ2) is 7.81. The molecule has 0 bridgehead atoms. The Hall–Kier alpha value is -0.560. The fraction of sp³-hybridized carbons (Fsp3) is 1.00. The number of rotatable bonds is 11. The normalized spacial score (nSPS) is 14.5. The van der Waals surface area contributed by atoms with Crippen LogP contribution in [-0.2, 0) is 0 Å². The minimum atomic E-state index is -6.09. The molecule has 0 saturated carbocycles. The van der Waals surface area contributed by atoms with Crippen molar-refractivity contribution in [2.24, 2.45) is 0 Å². The zero-order chi connectivity index (χ0) is 17.7. The maximum absolute atomic E-state index is 13.4. The Morgan fingerprint density at radius 3 is 1.32 bits per heavy atom. The summed E-state index contributed by atoms with van der Waals surface area (Å²) in [5, 5.41) is 0. The topological polar surface area (TPSA) is 0 Å². The molecule has 134 valence electrons. The predicted molar refractivity (Wildman–Crippen MR) is 68.1 cm³/mol. The summed E-state index contributed by atoms with van der Waals surface area (Å²) in [6.45, 7) is 2.92. The van der Waals surface area contributed by atoms with Crippen LogP contribution in [0.3, 0.4) is 0 Å². The molecule has 0 aromatic rings. The smallest absolute Gasteiger partial charge is 0.200 e. The van der Waals surface area contributed by atoms with Gasteiger partial charge >= 0.3 is 23.7 Å². The molecule has 0 aromatic carbocycles. The molecule has 0 unspecified atom stereocenters. The molecule has 0 rings (SSSR count). The number of halogens is 8. The first-order valence-corrected chi connectivity index (χ1v) is 7.38. The van der Waals surface area contributed by atoms with E-state index >= 15 is 0 Å². The summed E-state index contributed by atoms with van der Waals surface area (Å²) >= 11 is 0. The zero-order valence-corrected chi connectivity index (χ0v) is 12.7. The Morgan fingerprint density at radius 2 is 0.909 bits per heavy atom. The van der Waals surface area contributed by atoms with Gasteiger partial charge in [0, 0.05) is 12.8 Å². The fourth-order valence-corrected chi connectivity index (χ4v) is 2.04. The molecule has 0 aliphatic rings. The van der Waals surface area contributed by atoms with Gasteiger partial charge < -0.3 is 0 Å². The molecule has 0 atom stereocenters. The van der Waals surface area contributed by atoms with E-state index in [1.807, 2.05) is 6.92 Å². The summed E-state index contributed by atoms with van der Waals surface area (Å²) in [5.41, 5.74) is 0. The van der Waals surface area contributed by atoms with Crippen LogP contribution in [0.25, 0.3) is 0 Å². The summed E-state index contributed by atoms with van der Waals surface area (Å²) in [5.74, 6) is -22.6. The van der Waals surface area contributed by atoms with Crippen molar-refractivity contribution >= 4 is 0 Å². The van der Waals surface area contributed by atoms with Crippen LogP contribution in [0.2, 0.25) is 0 Å². The Balaban J connectivity index is 5.00. The minimum absolute atomic E-state index is 0.163. The first-order chi connectivity index (χ1) is 9.87. The summed E-state index contributed by atoms with van der Waals surface area (Å²) < 4.78 is 107. The van der Waals surface area contributed by atoms with Gasteiger partial charge in [0.05, 0.1) is 0 Å². The molecule has 0 saturated heterocycles. The largest absolute Gasteiger partial charge is 0.378 e. The van der Waals surface area contributed by atoms with E-state index in [1.54, 1.807) is 0 Å². The average molecular weight is 342 g/mol. The van der Waals surface area contributed by atoms with Gasteiger partial charge in [0.2, 0.25) is 0 Å². The maximum atomic E-state index is 13.4. The molecular weight excluding hydrogens is 320 g/mol. The highest BCUT2D eigenvalue weighted by Gasteiger charge is 2.79. The third kappa shape index (κ3) is 4.47. The molecular formula is C14H22F8. The van der Waals surface area contributed by atoms with Gasteiger partial charge in [-0.15, -0.1) is 0 Å². The minimum Gasteiger partial charge on any atom is -0.200 e. The monoisotopic (exact) mass is 342 g/mol. The fourth-order valence-electron chi connectivity index (χ4n) is 2.04. The van der Waals surface area contributed by atoms with Gasteiger partial charge in [0.25, 0.3) is 0 Å². The maximum Gasteiger partial charge on any atom is 0.378 e. The number of unbranched alkanes of at least 4 members (excludes halogenated alkanes) is 4. The Morgan fingerprint density at radius 1 is 0.500 bits per heavy atom. The van der Waals surface area contributed by atoms with Gasteiger partial charge in [-0.2, -0.15) is 35.1 Å². The van der Waals surface area contributed by atoms with Crippen LogP contribution in [0, 0.1) is 0 Å². The lowest BCUT2D eigenvalue weighted by molar-refractivity contribution is -0.368. The molecule has 0 spiro atoms. The molecule has 0 heterocycles. The first-order valence-electron chi connectivity index (χ1n) is 7.38. The highest BCUT2D eigenvalue weighted by Crippen LogP contribution is 2.55. The molecule has 0 fully saturated rings. The van der Waals surface area contributed by atoms with Crippen molar-refractivity contribution < 1.29 is 35.1 Å². The second-order valence-corrected chi connectivity index (χ2v) is 5.47. The van der Waals surface area contributed by atoms with Crippen molar-refractivity contribution in [3.05, 3.63) is 0 Å². The second-order valence-electron chi connectivity index (χ2n) is 5.47. The SMILES string of the molecule is CCCCCCCC(F)(F)C(F)(F)C(F)(F)C(F)(F)CCC. The lowest BCUT2D eigenvalue weighted by Crippen LogP contribution is -2.62. The summed E-state index contributed by atoms with van der Waals surface area (Å²) in [6.07, 6.45) is -1.92. The van der Waals surface area contributed by atoms with Crippen LogP contribution >= 0.6 is 0 Å². The Kier molecular flexibility index (Phi) is 7.62. The number of hydrogen-bond donors (Lipinski definition) is 0. The predicted octanol–water partition coefficient (Wildman–Crippen LogP) is 6.69. The van der Waals surface area contributed by atoms with Crippen LogP contribution in [-0.4, -0.2) is 23.7 Å². The van der Waals surface area contributed by atoms with E-state index in [4.69, 9.17) is 0 Å². The van der Waals surface area contributed by atoms with Gasteiger partial charge in [0.1, 0.15) is 0 Å². The first kappa shape index (κ1) is 21.4. The Labute approximate surface area is 125 Å². The third-order valence-electron chi connectivity index (χ3n) is 3.47. The van der Waals surface area contributed by atoms with Crippen molar-refractivity contribution in [3.8, 4) is 0 Å². The highest BCUT2D eigenvalue weighted by atomic mass is 19.4. The summed E-state index contributed by atoms with van der Waals surface area (Å²) in [4.78, 5) is 0. The van der Waals surface area contributed by atoms with E-state index in [0.717, 1.165) is 13.3 Å². The lowest BCUT2D eigenvalue weighted by Gasteiger charge is -2.36. The molecule has 8 heteroatoms. The van der Waals surface area contributed by atoms with E-state index in [9.17, 15) is 35.1 Å². The molecule has 0 radical (unpaired) electrons. The highest BCUT2D eigenvalue weighted by molar-refractivity contribution is 5.03. The van der Waals surface area contributed by atoms with Crippen LogP contribution in [0.15, 0.2) is 0 Å². The van der Waals surface area contributed by atoms with Gasteiger partial charge in [-0.05, 0) is 6.42 Å².